The Hall–Kier alpha value is -4.78. The van der Waals surface area contributed by atoms with Gasteiger partial charge in [-0.1, -0.05) is 122 Å². The molecule has 0 bridgehead atoms. The Morgan fingerprint density at radius 2 is 1.13 bits per heavy atom. The van der Waals surface area contributed by atoms with Gasteiger partial charge in [-0.15, -0.1) is 0 Å². The number of hydrogen-bond acceptors (Lipinski definition) is 7. The lowest BCUT2D eigenvalue weighted by Gasteiger charge is -2.30. The summed E-state index contributed by atoms with van der Waals surface area (Å²) in [7, 11) is 0. The number of aliphatic hydroxyl groups excluding tert-OH is 1. The summed E-state index contributed by atoms with van der Waals surface area (Å²) in [5.74, 6) is -5.02. The monoisotopic (exact) mass is 751 g/mol. The van der Waals surface area contributed by atoms with Gasteiger partial charge in [-0.25, -0.2) is 4.79 Å². The van der Waals surface area contributed by atoms with Crippen molar-refractivity contribution in [3.05, 3.63) is 71.8 Å². The second-order valence-corrected chi connectivity index (χ2v) is 15.2. The standard InChI is InChI=1S/C41H61N5O8/c1-9-27(8)37(40(52)46-36(26(6)7)41(53)54)44-34(49)23-32(47)30(21-28-16-12-10-13-17-28)43-39(51)35(25(4)5)45-38(50)31(20-24(2)3)42-33(48)22-29-18-14-11-15-19-29/h10-19,24-27,30-32,35-37,47H,9,20-23H2,1-8H3,(H,42,48)(H,43,51)(H,44,49)(H,45,50)(H,46,52)(H,53,54)/t27-,30-,31?,32-,35?,36?,37-/m0/s1. The Bertz CT molecular complexity index is 1520. The summed E-state index contributed by atoms with van der Waals surface area (Å²) in [6.45, 7) is 14.3. The molecule has 7 atom stereocenters. The molecule has 0 radical (unpaired) electrons. The third-order valence-electron chi connectivity index (χ3n) is 9.34. The van der Waals surface area contributed by atoms with Crippen molar-refractivity contribution in [3.8, 4) is 0 Å². The molecule has 2 aromatic rings. The first kappa shape index (κ1) is 45.4. The molecule has 0 heterocycles. The molecule has 0 aliphatic rings. The van der Waals surface area contributed by atoms with Crippen molar-refractivity contribution in [1.29, 1.82) is 0 Å². The summed E-state index contributed by atoms with van der Waals surface area (Å²) < 4.78 is 0. The molecule has 7 N–H and O–H groups in total. The summed E-state index contributed by atoms with van der Waals surface area (Å²) in [5.41, 5.74) is 1.57. The van der Waals surface area contributed by atoms with Gasteiger partial charge in [0.05, 0.1) is 25.0 Å². The minimum absolute atomic E-state index is 0.0560. The summed E-state index contributed by atoms with van der Waals surface area (Å²) in [6.07, 6.45) is -0.806. The maximum atomic E-state index is 13.9. The van der Waals surface area contributed by atoms with Crippen LogP contribution >= 0.6 is 0 Å². The van der Waals surface area contributed by atoms with Crippen LogP contribution in [0.4, 0.5) is 0 Å². The molecule has 0 aliphatic carbocycles. The number of carbonyl (C=O) groups excluding carboxylic acids is 5. The zero-order valence-electron chi connectivity index (χ0n) is 32.9. The van der Waals surface area contributed by atoms with Gasteiger partial charge in [0.15, 0.2) is 0 Å². The quantitative estimate of drug-likeness (QED) is 0.0951. The van der Waals surface area contributed by atoms with Gasteiger partial charge in [0, 0.05) is 0 Å². The molecular formula is C41H61N5O8. The first-order chi connectivity index (χ1) is 25.4. The lowest BCUT2D eigenvalue weighted by atomic mass is 9.95. The van der Waals surface area contributed by atoms with E-state index in [4.69, 9.17) is 0 Å². The first-order valence-electron chi connectivity index (χ1n) is 18.9. The van der Waals surface area contributed by atoms with Gasteiger partial charge in [-0.2, -0.15) is 0 Å². The van der Waals surface area contributed by atoms with Gasteiger partial charge < -0.3 is 36.8 Å². The largest absolute Gasteiger partial charge is 0.480 e. The molecule has 54 heavy (non-hydrogen) atoms. The number of benzene rings is 2. The van der Waals surface area contributed by atoms with Crippen molar-refractivity contribution in [3.63, 3.8) is 0 Å². The highest BCUT2D eigenvalue weighted by Crippen LogP contribution is 2.15. The highest BCUT2D eigenvalue weighted by atomic mass is 16.4. The van der Waals surface area contributed by atoms with E-state index in [-0.39, 0.29) is 36.5 Å². The van der Waals surface area contributed by atoms with E-state index < -0.39 is 78.2 Å². The van der Waals surface area contributed by atoms with E-state index in [2.05, 4.69) is 26.6 Å². The van der Waals surface area contributed by atoms with E-state index in [0.29, 0.717) is 12.8 Å². The van der Waals surface area contributed by atoms with Crippen molar-refractivity contribution >= 4 is 35.5 Å². The molecular weight excluding hydrogens is 690 g/mol. The van der Waals surface area contributed by atoms with E-state index in [1.165, 1.54) is 0 Å². The van der Waals surface area contributed by atoms with Crippen molar-refractivity contribution < 1.29 is 39.0 Å². The highest BCUT2D eigenvalue weighted by Gasteiger charge is 2.35. The number of nitrogens with one attached hydrogen (secondary N) is 5. The van der Waals surface area contributed by atoms with Crippen molar-refractivity contribution in [2.24, 2.45) is 23.7 Å². The van der Waals surface area contributed by atoms with Crippen molar-refractivity contribution in [2.45, 2.75) is 124 Å². The third kappa shape index (κ3) is 15.3. The van der Waals surface area contributed by atoms with E-state index in [1.807, 2.05) is 81.4 Å². The predicted octanol–water partition coefficient (Wildman–Crippen LogP) is 3.14. The maximum absolute atomic E-state index is 13.9. The molecule has 0 saturated carbocycles. The van der Waals surface area contributed by atoms with Crippen LogP contribution in [0, 0.1) is 23.7 Å². The second kappa shape index (κ2) is 22.4. The van der Waals surface area contributed by atoms with Crippen LogP contribution in [0.15, 0.2) is 60.7 Å². The average Bonchev–Trinajstić information content (AvgIpc) is 3.10. The topological polar surface area (TPSA) is 203 Å². The minimum Gasteiger partial charge on any atom is -0.480 e. The summed E-state index contributed by atoms with van der Waals surface area (Å²) in [5, 5.41) is 34.7. The van der Waals surface area contributed by atoms with Gasteiger partial charge >= 0.3 is 5.97 Å². The average molecular weight is 752 g/mol. The van der Waals surface area contributed by atoms with Crippen LogP contribution in [0.1, 0.15) is 85.8 Å². The molecule has 0 saturated heterocycles. The Labute approximate surface area is 319 Å². The summed E-state index contributed by atoms with van der Waals surface area (Å²) >= 11 is 0. The lowest BCUT2D eigenvalue weighted by Crippen LogP contribution is -2.59. The number of hydrogen-bond donors (Lipinski definition) is 7. The summed E-state index contributed by atoms with van der Waals surface area (Å²) in [4.78, 5) is 78.8. The number of carboxylic acids is 1. The fourth-order valence-corrected chi connectivity index (χ4v) is 5.97. The van der Waals surface area contributed by atoms with Gasteiger partial charge in [-0.3, -0.25) is 24.0 Å². The van der Waals surface area contributed by atoms with Crippen LogP contribution in [-0.4, -0.2) is 82.0 Å². The molecule has 2 rings (SSSR count). The smallest absolute Gasteiger partial charge is 0.326 e. The number of carboxylic acid groups (broad SMARTS) is 1. The maximum Gasteiger partial charge on any atom is 0.326 e. The Balaban J connectivity index is 2.25. The molecule has 0 aromatic heterocycles. The zero-order chi connectivity index (χ0) is 40.5. The van der Waals surface area contributed by atoms with Crippen LogP contribution in [0.3, 0.4) is 0 Å². The van der Waals surface area contributed by atoms with E-state index in [0.717, 1.165) is 11.1 Å². The van der Waals surface area contributed by atoms with Crippen LogP contribution < -0.4 is 26.6 Å². The first-order valence-corrected chi connectivity index (χ1v) is 18.9. The molecule has 0 fully saturated rings. The zero-order valence-corrected chi connectivity index (χ0v) is 32.9. The highest BCUT2D eigenvalue weighted by molar-refractivity contribution is 5.93. The molecule has 5 amide bonds. The van der Waals surface area contributed by atoms with Crippen molar-refractivity contribution in [1.82, 2.24) is 26.6 Å². The number of carbonyl (C=O) groups is 6. The fourth-order valence-electron chi connectivity index (χ4n) is 5.97. The molecule has 2 aromatic carbocycles. The lowest BCUT2D eigenvalue weighted by molar-refractivity contribution is -0.143. The van der Waals surface area contributed by atoms with Gasteiger partial charge in [0.25, 0.3) is 0 Å². The van der Waals surface area contributed by atoms with Gasteiger partial charge in [-0.05, 0) is 47.6 Å². The SMILES string of the molecule is CC[C@H](C)[C@H](NC(=O)C[C@H](O)[C@H](Cc1ccccc1)NC(=O)C(NC(=O)C(CC(C)C)NC(=O)Cc1ccccc1)C(C)C)C(=O)NC(C(=O)O)C(C)C. The van der Waals surface area contributed by atoms with Crippen molar-refractivity contribution in [2.75, 3.05) is 0 Å². The number of aliphatic carboxylic acids is 1. The number of aliphatic hydroxyl groups is 1. The van der Waals surface area contributed by atoms with E-state index >= 15 is 0 Å². The third-order valence-corrected chi connectivity index (χ3v) is 9.34. The Kier molecular flexibility index (Phi) is 18.9. The molecule has 0 spiro atoms. The Morgan fingerprint density at radius 1 is 0.611 bits per heavy atom. The van der Waals surface area contributed by atoms with Crippen LogP contribution in [0.5, 0.6) is 0 Å². The van der Waals surface area contributed by atoms with E-state index in [9.17, 15) is 39.0 Å². The van der Waals surface area contributed by atoms with Crippen LogP contribution in [0.25, 0.3) is 0 Å². The van der Waals surface area contributed by atoms with E-state index in [1.54, 1.807) is 34.6 Å². The second-order valence-electron chi connectivity index (χ2n) is 15.2. The Morgan fingerprint density at radius 3 is 1.63 bits per heavy atom. The molecule has 3 unspecified atom stereocenters. The minimum atomic E-state index is -1.41. The van der Waals surface area contributed by atoms with Gasteiger partial charge in [0.1, 0.15) is 24.2 Å². The molecule has 0 aliphatic heterocycles. The normalized spacial score (nSPS) is 15.3. The predicted molar refractivity (Wildman–Crippen MR) is 207 cm³/mol. The fraction of sp³-hybridized carbons (Fsp3) is 0.561. The molecule has 13 heteroatoms. The molecule has 298 valence electrons. The summed E-state index contributed by atoms with van der Waals surface area (Å²) in [6, 6.07) is 13.1. The molecule has 13 nitrogen and oxygen atoms in total. The number of amides is 5. The van der Waals surface area contributed by atoms with Crippen LogP contribution in [0.2, 0.25) is 0 Å². The van der Waals surface area contributed by atoms with Gasteiger partial charge in [0.2, 0.25) is 29.5 Å². The number of rotatable bonds is 22. The van der Waals surface area contributed by atoms with Crippen LogP contribution in [-0.2, 0) is 41.6 Å².